The molecule has 2 aromatic heterocycles. The molecular weight excluding hydrogens is 460 g/mol. The lowest BCUT2D eigenvalue weighted by atomic mass is 10.1. The highest BCUT2D eigenvalue weighted by Crippen LogP contribution is 2.45. The van der Waals surface area contributed by atoms with Gasteiger partial charge in [-0.05, 0) is 39.9 Å². The minimum absolute atomic E-state index is 0.0362. The van der Waals surface area contributed by atoms with E-state index in [1.165, 1.54) is 23.1 Å². The van der Waals surface area contributed by atoms with E-state index >= 15 is 0 Å². The van der Waals surface area contributed by atoms with Crippen molar-refractivity contribution in [2.45, 2.75) is 31.7 Å². The van der Waals surface area contributed by atoms with Gasteiger partial charge in [-0.25, -0.2) is 0 Å². The average Bonchev–Trinajstić information content (AvgIpc) is 3.08. The van der Waals surface area contributed by atoms with Crippen LogP contribution in [0.15, 0.2) is 45.3 Å². The molecular formula is C19H17BrN4O2S2. The van der Waals surface area contributed by atoms with Gasteiger partial charge in [0.15, 0.2) is 5.69 Å². The lowest BCUT2D eigenvalue weighted by Gasteiger charge is -2.29. The summed E-state index contributed by atoms with van der Waals surface area (Å²) >= 11 is 6.53. The van der Waals surface area contributed by atoms with Crippen LogP contribution in [0.2, 0.25) is 0 Å². The maximum absolute atomic E-state index is 13.0. The Kier molecular flexibility index (Phi) is 5.65. The smallest absolute Gasteiger partial charge is 0.247 e. The highest BCUT2D eigenvalue weighted by Gasteiger charge is 2.36. The van der Waals surface area contributed by atoms with E-state index in [1.807, 2.05) is 50.2 Å². The zero-order valence-corrected chi connectivity index (χ0v) is 18.5. The molecule has 1 unspecified atom stereocenters. The standard InChI is InChI=1S/C19H17BrN4O2S2/c1-3-15(25)24-12-8-6-5-7-11(12)16-17(21-19(23-22-16)27-4-2)26-18(24)13-9-10-14(20)28-13/h5-10,18H,3-4H2,1-2H3. The van der Waals surface area contributed by atoms with Gasteiger partial charge in [-0.1, -0.05) is 43.8 Å². The highest BCUT2D eigenvalue weighted by molar-refractivity contribution is 9.11. The molecule has 1 aromatic carbocycles. The van der Waals surface area contributed by atoms with Crippen molar-refractivity contribution in [1.82, 2.24) is 15.2 Å². The van der Waals surface area contributed by atoms with Crippen molar-refractivity contribution in [2.75, 3.05) is 10.7 Å². The Hall–Kier alpha value is -1.97. The highest BCUT2D eigenvalue weighted by atomic mass is 79.9. The second kappa shape index (κ2) is 8.18. The zero-order valence-electron chi connectivity index (χ0n) is 15.3. The zero-order chi connectivity index (χ0) is 19.7. The molecule has 0 bridgehead atoms. The van der Waals surface area contributed by atoms with E-state index in [9.17, 15) is 4.79 Å². The minimum Gasteiger partial charge on any atom is -0.446 e. The molecule has 6 nitrogen and oxygen atoms in total. The summed E-state index contributed by atoms with van der Waals surface area (Å²) in [6.07, 6.45) is -0.269. The molecule has 0 saturated heterocycles. The topological polar surface area (TPSA) is 68.2 Å². The third-order valence-electron chi connectivity index (χ3n) is 4.19. The Morgan fingerprint density at radius 3 is 2.79 bits per heavy atom. The Morgan fingerprint density at radius 2 is 2.07 bits per heavy atom. The molecule has 3 heterocycles. The fourth-order valence-electron chi connectivity index (χ4n) is 2.99. The summed E-state index contributed by atoms with van der Waals surface area (Å²) in [5, 5.41) is 9.17. The molecule has 9 heteroatoms. The van der Waals surface area contributed by atoms with Crippen molar-refractivity contribution >= 4 is 50.6 Å². The monoisotopic (exact) mass is 476 g/mol. The molecule has 0 radical (unpaired) electrons. The van der Waals surface area contributed by atoms with Gasteiger partial charge in [0.2, 0.25) is 23.2 Å². The maximum Gasteiger partial charge on any atom is 0.247 e. The second-order valence-electron chi connectivity index (χ2n) is 5.93. The van der Waals surface area contributed by atoms with Gasteiger partial charge in [0.1, 0.15) is 0 Å². The summed E-state index contributed by atoms with van der Waals surface area (Å²) in [5.74, 6) is 1.18. The van der Waals surface area contributed by atoms with Gasteiger partial charge >= 0.3 is 0 Å². The first-order chi connectivity index (χ1) is 13.6. The number of halogens is 1. The Balaban J connectivity index is 1.94. The van der Waals surface area contributed by atoms with Gasteiger partial charge in [-0.15, -0.1) is 21.5 Å². The molecule has 1 aliphatic heterocycles. The van der Waals surface area contributed by atoms with Crippen molar-refractivity contribution in [3.8, 4) is 17.1 Å². The van der Waals surface area contributed by atoms with Gasteiger partial charge in [-0.3, -0.25) is 9.69 Å². The molecule has 1 atom stereocenters. The molecule has 0 saturated carbocycles. The lowest BCUT2D eigenvalue weighted by molar-refractivity contribution is -0.120. The molecule has 0 fully saturated rings. The lowest BCUT2D eigenvalue weighted by Crippen LogP contribution is -2.36. The molecule has 0 aliphatic carbocycles. The van der Waals surface area contributed by atoms with Crippen molar-refractivity contribution in [3.63, 3.8) is 0 Å². The van der Waals surface area contributed by atoms with Gasteiger partial charge in [0, 0.05) is 12.0 Å². The molecule has 3 aromatic rings. The van der Waals surface area contributed by atoms with Crippen LogP contribution in [0.1, 0.15) is 31.4 Å². The number of hydrogen-bond donors (Lipinski definition) is 0. The third kappa shape index (κ3) is 3.54. The molecule has 0 spiro atoms. The van der Waals surface area contributed by atoms with Crippen LogP contribution < -0.4 is 9.64 Å². The Morgan fingerprint density at radius 1 is 1.25 bits per heavy atom. The van der Waals surface area contributed by atoms with Gasteiger partial charge < -0.3 is 4.74 Å². The number of thiophene rings is 1. The molecule has 144 valence electrons. The first-order valence-corrected chi connectivity index (χ1v) is 11.4. The van der Waals surface area contributed by atoms with Crippen LogP contribution in [-0.4, -0.2) is 26.8 Å². The fourth-order valence-corrected chi connectivity index (χ4v) is 4.94. The number of fused-ring (bicyclic) bond motifs is 3. The normalized spacial score (nSPS) is 15.4. The van der Waals surface area contributed by atoms with E-state index in [-0.39, 0.29) is 5.91 Å². The number of anilines is 1. The number of thioether (sulfide) groups is 1. The predicted octanol–water partition coefficient (Wildman–Crippen LogP) is 5.31. The van der Waals surface area contributed by atoms with Crippen LogP contribution in [0.3, 0.4) is 0 Å². The predicted molar refractivity (Wildman–Crippen MR) is 115 cm³/mol. The van der Waals surface area contributed by atoms with E-state index in [0.717, 1.165) is 25.7 Å². The largest absolute Gasteiger partial charge is 0.446 e. The summed E-state index contributed by atoms with van der Waals surface area (Å²) in [4.78, 5) is 20.2. The Labute approximate surface area is 179 Å². The number of aromatic nitrogens is 3. The van der Waals surface area contributed by atoms with Crippen LogP contribution in [0, 0.1) is 0 Å². The molecule has 1 amide bonds. The SMILES string of the molecule is CCSc1nnc2c(n1)OC(c1ccc(Br)s1)N(C(=O)CC)c1ccccc1-2. The quantitative estimate of drug-likeness (QED) is 0.475. The van der Waals surface area contributed by atoms with Crippen LogP contribution in [0.25, 0.3) is 11.3 Å². The number of hydrogen-bond acceptors (Lipinski definition) is 7. The molecule has 4 rings (SSSR count). The van der Waals surface area contributed by atoms with E-state index in [4.69, 9.17) is 4.74 Å². The summed E-state index contributed by atoms with van der Waals surface area (Å²) in [5.41, 5.74) is 2.07. The van der Waals surface area contributed by atoms with Crippen molar-refractivity contribution in [1.29, 1.82) is 0 Å². The van der Waals surface area contributed by atoms with E-state index < -0.39 is 6.23 Å². The number of rotatable bonds is 4. The van der Waals surface area contributed by atoms with E-state index in [0.29, 0.717) is 23.2 Å². The second-order valence-corrected chi connectivity index (χ2v) is 9.65. The van der Waals surface area contributed by atoms with Crippen LogP contribution in [-0.2, 0) is 4.79 Å². The summed E-state index contributed by atoms with van der Waals surface area (Å²) in [6, 6.07) is 11.6. The third-order valence-corrected chi connectivity index (χ3v) is 6.57. The van der Waals surface area contributed by atoms with Gasteiger partial charge in [0.05, 0.1) is 14.4 Å². The summed E-state index contributed by atoms with van der Waals surface area (Å²) < 4.78 is 7.30. The Bertz CT molecular complexity index is 1030. The molecule has 0 N–H and O–H groups in total. The number of carbonyl (C=O) groups is 1. The van der Waals surface area contributed by atoms with E-state index in [1.54, 1.807) is 4.90 Å². The summed E-state index contributed by atoms with van der Waals surface area (Å²) in [7, 11) is 0. The number of carbonyl (C=O) groups excluding carboxylic acids is 1. The van der Waals surface area contributed by atoms with Crippen molar-refractivity contribution in [2.24, 2.45) is 0 Å². The van der Waals surface area contributed by atoms with Gasteiger partial charge in [0.25, 0.3) is 0 Å². The minimum atomic E-state index is -0.623. The summed E-state index contributed by atoms with van der Waals surface area (Å²) in [6.45, 7) is 3.88. The number of amides is 1. The first-order valence-electron chi connectivity index (χ1n) is 8.83. The average molecular weight is 477 g/mol. The van der Waals surface area contributed by atoms with Crippen LogP contribution in [0.5, 0.6) is 5.88 Å². The van der Waals surface area contributed by atoms with Crippen molar-refractivity contribution in [3.05, 3.63) is 45.1 Å². The van der Waals surface area contributed by atoms with Crippen molar-refractivity contribution < 1.29 is 9.53 Å². The molecule has 28 heavy (non-hydrogen) atoms. The van der Waals surface area contributed by atoms with Crippen LogP contribution >= 0.6 is 39.0 Å². The number of ether oxygens (including phenoxy) is 1. The number of nitrogens with zero attached hydrogens (tertiary/aromatic N) is 4. The van der Waals surface area contributed by atoms with Gasteiger partial charge in [-0.2, -0.15) is 4.98 Å². The molecule has 1 aliphatic rings. The number of para-hydroxylation sites is 1. The number of benzene rings is 1. The first kappa shape index (κ1) is 19.4. The maximum atomic E-state index is 13.0. The van der Waals surface area contributed by atoms with E-state index in [2.05, 4.69) is 31.1 Å². The van der Waals surface area contributed by atoms with Crippen LogP contribution in [0.4, 0.5) is 5.69 Å². The fraction of sp³-hybridized carbons (Fsp3) is 0.263.